The van der Waals surface area contributed by atoms with Gasteiger partial charge in [0.25, 0.3) is 0 Å². The van der Waals surface area contributed by atoms with Crippen molar-refractivity contribution in [2.24, 2.45) is 0 Å². The molecule has 8 heteroatoms. The number of carbonyl (C=O) groups excluding carboxylic acids is 3. The van der Waals surface area contributed by atoms with Crippen LogP contribution in [0.25, 0.3) is 0 Å². The van der Waals surface area contributed by atoms with Gasteiger partial charge in [-0.2, -0.15) is 0 Å². The number of likely N-dealkylation sites (tertiary alicyclic amines) is 2. The van der Waals surface area contributed by atoms with Crippen LogP contribution in [-0.4, -0.2) is 67.1 Å². The number of carbonyl (C=O) groups is 3. The predicted octanol–water partition coefficient (Wildman–Crippen LogP) is 0.341. The Bertz CT molecular complexity index is 563. The summed E-state index contributed by atoms with van der Waals surface area (Å²) in [6, 6.07) is -0.102. The summed E-state index contributed by atoms with van der Waals surface area (Å²) < 4.78 is 22.1. The second kappa shape index (κ2) is 7.42. The quantitative estimate of drug-likeness (QED) is 0.671. The van der Waals surface area contributed by atoms with Gasteiger partial charge in [0, 0.05) is 44.6 Å². The highest BCUT2D eigenvalue weighted by molar-refractivity contribution is 7.90. The van der Waals surface area contributed by atoms with Gasteiger partial charge in [-0.05, 0) is 25.7 Å². The largest absolute Gasteiger partial charge is 0.343 e. The molecular weight excluding hydrogens is 320 g/mol. The Morgan fingerprint density at radius 2 is 1.70 bits per heavy atom. The molecule has 0 aromatic heterocycles. The first-order valence-corrected chi connectivity index (χ1v) is 10.1. The molecule has 2 rings (SSSR count). The van der Waals surface area contributed by atoms with Crippen molar-refractivity contribution in [1.29, 1.82) is 0 Å². The fourth-order valence-electron chi connectivity index (χ4n) is 3.20. The van der Waals surface area contributed by atoms with E-state index in [2.05, 4.69) is 0 Å². The van der Waals surface area contributed by atoms with Crippen LogP contribution in [0.15, 0.2) is 0 Å². The molecule has 130 valence electrons. The molecule has 3 amide bonds. The molecule has 0 bridgehead atoms. The first kappa shape index (κ1) is 17.9. The van der Waals surface area contributed by atoms with E-state index >= 15 is 0 Å². The minimum absolute atomic E-state index is 0.0198. The lowest BCUT2D eigenvalue weighted by Crippen LogP contribution is -2.52. The second-order valence-electron chi connectivity index (χ2n) is 6.36. The van der Waals surface area contributed by atoms with E-state index < -0.39 is 9.84 Å². The number of rotatable bonds is 5. The van der Waals surface area contributed by atoms with Crippen molar-refractivity contribution in [3.63, 3.8) is 0 Å². The molecule has 0 aromatic rings. The molecule has 2 aliphatic rings. The molecule has 0 N–H and O–H groups in total. The van der Waals surface area contributed by atoms with Crippen LogP contribution in [-0.2, 0) is 24.2 Å². The van der Waals surface area contributed by atoms with Gasteiger partial charge in [-0.25, -0.2) is 8.42 Å². The minimum Gasteiger partial charge on any atom is -0.343 e. The monoisotopic (exact) mass is 344 g/mol. The fraction of sp³-hybridized carbons (Fsp3) is 0.800. The molecule has 0 spiro atoms. The van der Waals surface area contributed by atoms with E-state index in [0.717, 1.165) is 6.26 Å². The summed E-state index contributed by atoms with van der Waals surface area (Å²) in [5.41, 5.74) is 0. The van der Waals surface area contributed by atoms with Crippen molar-refractivity contribution < 1.29 is 22.8 Å². The van der Waals surface area contributed by atoms with Crippen LogP contribution < -0.4 is 0 Å². The maximum Gasteiger partial charge on any atom is 0.229 e. The van der Waals surface area contributed by atoms with E-state index in [-0.39, 0.29) is 35.9 Å². The molecule has 23 heavy (non-hydrogen) atoms. The zero-order valence-electron chi connectivity index (χ0n) is 13.5. The summed E-state index contributed by atoms with van der Waals surface area (Å²) in [4.78, 5) is 39.0. The maximum absolute atomic E-state index is 12.1. The predicted molar refractivity (Wildman–Crippen MR) is 84.3 cm³/mol. The second-order valence-corrected chi connectivity index (χ2v) is 8.62. The molecule has 0 atom stereocenters. The van der Waals surface area contributed by atoms with Crippen LogP contribution in [0.2, 0.25) is 0 Å². The number of hydrogen-bond acceptors (Lipinski definition) is 5. The number of nitrogens with zero attached hydrogens (tertiary/aromatic N) is 2. The molecule has 2 fully saturated rings. The van der Waals surface area contributed by atoms with Crippen LogP contribution in [0.4, 0.5) is 0 Å². The summed E-state index contributed by atoms with van der Waals surface area (Å²) in [5.74, 6) is -0.229. The number of imide groups is 1. The van der Waals surface area contributed by atoms with Gasteiger partial charge in [0.15, 0.2) is 0 Å². The van der Waals surface area contributed by atoms with Crippen molar-refractivity contribution in [2.75, 3.05) is 25.1 Å². The van der Waals surface area contributed by atoms with E-state index in [9.17, 15) is 22.8 Å². The summed E-state index contributed by atoms with van der Waals surface area (Å²) in [6.07, 6.45) is 4.42. The van der Waals surface area contributed by atoms with Gasteiger partial charge in [0.05, 0.1) is 5.75 Å². The molecule has 0 saturated carbocycles. The van der Waals surface area contributed by atoms with Crippen LogP contribution >= 0.6 is 0 Å². The van der Waals surface area contributed by atoms with Crippen molar-refractivity contribution in [3.8, 4) is 0 Å². The Balaban J connectivity index is 1.80. The first-order chi connectivity index (χ1) is 10.8. The number of amides is 3. The van der Waals surface area contributed by atoms with E-state index in [1.165, 1.54) is 4.90 Å². The Morgan fingerprint density at radius 3 is 2.22 bits per heavy atom. The number of piperidine rings is 2. The van der Waals surface area contributed by atoms with E-state index in [0.29, 0.717) is 51.6 Å². The Kier molecular flexibility index (Phi) is 5.78. The maximum atomic E-state index is 12.1. The summed E-state index contributed by atoms with van der Waals surface area (Å²) in [5, 5.41) is 0. The van der Waals surface area contributed by atoms with E-state index in [4.69, 9.17) is 0 Å². The number of hydrogen-bond donors (Lipinski definition) is 0. The molecular formula is C15H24N2O5S. The molecule has 0 aromatic carbocycles. The highest BCUT2D eigenvalue weighted by Gasteiger charge is 2.35. The molecule has 2 heterocycles. The topological polar surface area (TPSA) is 91.8 Å². The third-order valence-corrected chi connectivity index (χ3v) is 5.44. The van der Waals surface area contributed by atoms with Crippen molar-refractivity contribution in [2.45, 2.75) is 51.0 Å². The summed E-state index contributed by atoms with van der Waals surface area (Å²) >= 11 is 0. The SMILES string of the molecule is CS(=O)(=O)CCCC(=O)N1CCC(N2C(=O)CCCC2=O)CC1. The van der Waals surface area contributed by atoms with Gasteiger partial charge in [-0.3, -0.25) is 19.3 Å². The number of sulfone groups is 1. The molecule has 0 aliphatic carbocycles. The smallest absolute Gasteiger partial charge is 0.229 e. The van der Waals surface area contributed by atoms with Gasteiger partial charge >= 0.3 is 0 Å². The summed E-state index contributed by atoms with van der Waals surface area (Å²) in [7, 11) is -3.04. The van der Waals surface area contributed by atoms with Crippen molar-refractivity contribution >= 4 is 27.6 Å². The zero-order valence-corrected chi connectivity index (χ0v) is 14.3. The highest BCUT2D eigenvalue weighted by Crippen LogP contribution is 2.23. The normalized spacial score (nSPS) is 20.9. The lowest BCUT2D eigenvalue weighted by atomic mass is 9.99. The average Bonchev–Trinajstić information content (AvgIpc) is 2.46. The molecule has 0 radical (unpaired) electrons. The van der Waals surface area contributed by atoms with Crippen LogP contribution in [0.3, 0.4) is 0 Å². The van der Waals surface area contributed by atoms with E-state index in [1.807, 2.05) is 0 Å². The van der Waals surface area contributed by atoms with E-state index in [1.54, 1.807) is 4.90 Å². The summed E-state index contributed by atoms with van der Waals surface area (Å²) in [6.45, 7) is 1.03. The van der Waals surface area contributed by atoms with Gasteiger partial charge in [0.1, 0.15) is 9.84 Å². The fourth-order valence-corrected chi connectivity index (χ4v) is 3.86. The average molecular weight is 344 g/mol. The Hall–Kier alpha value is -1.44. The van der Waals surface area contributed by atoms with Gasteiger partial charge in [-0.1, -0.05) is 0 Å². The van der Waals surface area contributed by atoms with Gasteiger partial charge < -0.3 is 4.90 Å². The van der Waals surface area contributed by atoms with Crippen molar-refractivity contribution in [3.05, 3.63) is 0 Å². The third-order valence-electron chi connectivity index (χ3n) is 4.41. The van der Waals surface area contributed by atoms with Gasteiger partial charge in [-0.15, -0.1) is 0 Å². The Morgan fingerprint density at radius 1 is 1.13 bits per heavy atom. The van der Waals surface area contributed by atoms with Crippen LogP contribution in [0, 0.1) is 0 Å². The molecule has 0 unspecified atom stereocenters. The lowest BCUT2D eigenvalue weighted by molar-refractivity contribution is -0.152. The standard InChI is InChI=1S/C15H24N2O5S/c1-23(21,22)11-3-6-13(18)16-9-7-12(8-10-16)17-14(19)4-2-5-15(17)20/h12H,2-11H2,1H3. The van der Waals surface area contributed by atoms with Gasteiger partial charge in [0.2, 0.25) is 17.7 Å². The van der Waals surface area contributed by atoms with Crippen LogP contribution in [0.5, 0.6) is 0 Å². The van der Waals surface area contributed by atoms with Crippen molar-refractivity contribution in [1.82, 2.24) is 9.80 Å². The third kappa shape index (κ3) is 5.02. The first-order valence-electron chi connectivity index (χ1n) is 8.08. The zero-order chi connectivity index (χ0) is 17.0. The highest BCUT2D eigenvalue weighted by atomic mass is 32.2. The Labute approximate surface area is 136 Å². The minimum atomic E-state index is -3.04. The van der Waals surface area contributed by atoms with Crippen LogP contribution in [0.1, 0.15) is 44.9 Å². The molecule has 2 aliphatic heterocycles. The lowest BCUT2D eigenvalue weighted by Gasteiger charge is -2.39. The molecule has 2 saturated heterocycles. The molecule has 7 nitrogen and oxygen atoms in total.